The van der Waals surface area contributed by atoms with Crippen molar-refractivity contribution < 1.29 is 24.9 Å². The Labute approximate surface area is 79.2 Å². The van der Waals surface area contributed by atoms with E-state index in [9.17, 15) is 14.7 Å². The molecule has 0 amide bonds. The highest BCUT2D eigenvalue weighted by Crippen LogP contribution is 2.12. The van der Waals surface area contributed by atoms with Crippen LogP contribution in [0.15, 0.2) is 18.2 Å². The lowest BCUT2D eigenvalue weighted by Gasteiger charge is -2.02. The zero-order valence-electron chi connectivity index (χ0n) is 7.06. The number of rotatable bonds is 3. The predicted octanol–water partition coefficient (Wildman–Crippen LogP) is 1.01. The molecule has 1 aromatic carbocycles. The Balaban J connectivity index is 3.27. The Morgan fingerprint density at radius 3 is 2.21 bits per heavy atom. The van der Waals surface area contributed by atoms with Crippen molar-refractivity contribution in [2.45, 2.75) is 6.61 Å². The molecule has 0 saturated carbocycles. The molecule has 0 atom stereocenters. The van der Waals surface area contributed by atoms with Gasteiger partial charge in [-0.05, 0) is 17.7 Å². The van der Waals surface area contributed by atoms with Gasteiger partial charge in [0.25, 0.3) is 0 Å². The highest BCUT2D eigenvalue weighted by molar-refractivity contribution is 5.94. The average Bonchev–Trinajstić information content (AvgIpc) is 2.16. The third-order valence-corrected chi connectivity index (χ3v) is 1.74. The van der Waals surface area contributed by atoms with Crippen LogP contribution in [0.3, 0.4) is 0 Å². The summed E-state index contributed by atoms with van der Waals surface area (Å²) in [5.74, 6) is -2.51. The second-order valence-corrected chi connectivity index (χ2v) is 2.63. The summed E-state index contributed by atoms with van der Waals surface area (Å²) in [6.07, 6.45) is 0. The third kappa shape index (κ3) is 1.89. The van der Waals surface area contributed by atoms with E-state index >= 15 is 0 Å². The molecule has 14 heavy (non-hydrogen) atoms. The molecular formula is C9H7O5. The van der Waals surface area contributed by atoms with Crippen molar-refractivity contribution in [2.24, 2.45) is 0 Å². The van der Waals surface area contributed by atoms with Crippen molar-refractivity contribution in [1.82, 2.24) is 0 Å². The summed E-state index contributed by atoms with van der Waals surface area (Å²) in [4.78, 5) is 21.1. The summed E-state index contributed by atoms with van der Waals surface area (Å²) in [5.41, 5.74) is -0.304. The Bertz CT molecular complexity index is 383. The summed E-state index contributed by atoms with van der Waals surface area (Å²) in [6, 6.07) is 3.42. The maximum absolute atomic E-state index is 10.6. The highest BCUT2D eigenvalue weighted by atomic mass is 16.4. The highest BCUT2D eigenvalue weighted by Gasteiger charge is 2.13. The standard InChI is InChI=1S/C9H7O5/c10-4-6-2-1-5(8(11)12)3-7(6)9(13)14/h1-3H,4H2,(H,11,12)(H,13,14). The van der Waals surface area contributed by atoms with E-state index in [-0.39, 0.29) is 16.7 Å². The summed E-state index contributed by atoms with van der Waals surface area (Å²) in [6.45, 7) is -0.679. The van der Waals surface area contributed by atoms with Crippen LogP contribution in [-0.2, 0) is 11.7 Å². The first-order valence-corrected chi connectivity index (χ1v) is 3.74. The molecule has 0 aromatic heterocycles. The van der Waals surface area contributed by atoms with E-state index in [1.807, 2.05) is 0 Å². The van der Waals surface area contributed by atoms with Gasteiger partial charge < -0.3 is 10.2 Å². The van der Waals surface area contributed by atoms with Crippen molar-refractivity contribution in [3.8, 4) is 0 Å². The van der Waals surface area contributed by atoms with Crippen LogP contribution in [0.25, 0.3) is 0 Å². The Hall–Kier alpha value is -1.88. The molecule has 0 aliphatic heterocycles. The van der Waals surface area contributed by atoms with E-state index in [0.29, 0.717) is 0 Å². The summed E-state index contributed by atoms with van der Waals surface area (Å²) >= 11 is 0. The predicted molar refractivity (Wildman–Crippen MR) is 44.8 cm³/mol. The van der Waals surface area contributed by atoms with Crippen LogP contribution < -0.4 is 0 Å². The van der Waals surface area contributed by atoms with Gasteiger partial charge >= 0.3 is 11.9 Å². The molecule has 0 heterocycles. The van der Waals surface area contributed by atoms with Crippen LogP contribution in [0.4, 0.5) is 0 Å². The fraction of sp³-hybridized carbons (Fsp3) is 0.111. The molecule has 5 heteroatoms. The van der Waals surface area contributed by atoms with Crippen LogP contribution in [0.2, 0.25) is 0 Å². The molecular weight excluding hydrogens is 188 g/mol. The van der Waals surface area contributed by atoms with E-state index in [1.165, 1.54) is 12.1 Å². The van der Waals surface area contributed by atoms with Gasteiger partial charge in [0.05, 0.1) is 11.1 Å². The lowest BCUT2D eigenvalue weighted by Crippen LogP contribution is -2.05. The first kappa shape index (κ1) is 10.2. The Morgan fingerprint density at radius 1 is 1.14 bits per heavy atom. The largest absolute Gasteiger partial charge is 0.478 e. The molecule has 0 unspecified atom stereocenters. The molecule has 5 nitrogen and oxygen atoms in total. The van der Waals surface area contributed by atoms with Crippen LogP contribution in [0.1, 0.15) is 26.3 Å². The lowest BCUT2D eigenvalue weighted by atomic mass is 10.0. The minimum absolute atomic E-state index is 0.0856. The van der Waals surface area contributed by atoms with Crippen molar-refractivity contribution >= 4 is 11.9 Å². The first-order valence-electron chi connectivity index (χ1n) is 3.74. The summed E-state index contributed by atoms with van der Waals surface area (Å²) in [7, 11) is 0. The quantitative estimate of drug-likeness (QED) is 0.752. The molecule has 0 bridgehead atoms. The van der Waals surface area contributed by atoms with Gasteiger partial charge in [0.1, 0.15) is 6.61 Å². The van der Waals surface area contributed by atoms with Gasteiger partial charge in [-0.15, -0.1) is 0 Å². The number of carboxylic acid groups (broad SMARTS) is 2. The monoisotopic (exact) mass is 195 g/mol. The molecule has 73 valence electrons. The van der Waals surface area contributed by atoms with E-state index < -0.39 is 18.5 Å². The van der Waals surface area contributed by atoms with E-state index in [0.717, 1.165) is 6.07 Å². The minimum Gasteiger partial charge on any atom is -0.478 e. The SMILES string of the molecule is [O]Cc1ccc(C(=O)O)cc1C(=O)O. The number of aromatic carboxylic acids is 2. The maximum atomic E-state index is 10.6. The van der Waals surface area contributed by atoms with Crippen LogP contribution in [-0.4, -0.2) is 22.2 Å². The van der Waals surface area contributed by atoms with Gasteiger partial charge in [-0.1, -0.05) is 6.07 Å². The normalized spacial score (nSPS) is 9.79. The van der Waals surface area contributed by atoms with Crippen molar-refractivity contribution in [3.05, 3.63) is 34.9 Å². The number of carboxylic acids is 2. The Morgan fingerprint density at radius 2 is 1.79 bits per heavy atom. The number of hydrogen-bond donors (Lipinski definition) is 2. The maximum Gasteiger partial charge on any atom is 0.336 e. The average molecular weight is 195 g/mol. The topological polar surface area (TPSA) is 94.5 Å². The van der Waals surface area contributed by atoms with Crippen molar-refractivity contribution in [3.63, 3.8) is 0 Å². The smallest absolute Gasteiger partial charge is 0.336 e. The van der Waals surface area contributed by atoms with Crippen molar-refractivity contribution in [1.29, 1.82) is 0 Å². The molecule has 0 aliphatic carbocycles. The number of benzene rings is 1. The van der Waals surface area contributed by atoms with Crippen LogP contribution in [0, 0.1) is 0 Å². The zero-order valence-corrected chi connectivity index (χ0v) is 7.06. The van der Waals surface area contributed by atoms with Gasteiger partial charge in [0.2, 0.25) is 0 Å². The van der Waals surface area contributed by atoms with E-state index in [2.05, 4.69) is 0 Å². The van der Waals surface area contributed by atoms with E-state index in [4.69, 9.17) is 10.2 Å². The Kier molecular flexibility index (Phi) is 2.83. The molecule has 1 rings (SSSR count). The summed E-state index contributed by atoms with van der Waals surface area (Å²) in [5, 5.41) is 27.8. The second-order valence-electron chi connectivity index (χ2n) is 2.63. The second kappa shape index (κ2) is 3.89. The molecule has 2 N–H and O–H groups in total. The van der Waals surface area contributed by atoms with Crippen LogP contribution in [0.5, 0.6) is 0 Å². The molecule has 0 aliphatic rings. The van der Waals surface area contributed by atoms with Gasteiger partial charge in [0, 0.05) is 0 Å². The number of carbonyl (C=O) groups is 2. The molecule has 0 saturated heterocycles. The van der Waals surface area contributed by atoms with Gasteiger partial charge in [-0.2, -0.15) is 0 Å². The fourth-order valence-corrected chi connectivity index (χ4v) is 1.03. The first-order chi connectivity index (χ1) is 6.56. The number of hydrogen-bond acceptors (Lipinski definition) is 2. The minimum atomic E-state index is -1.29. The lowest BCUT2D eigenvalue weighted by molar-refractivity contribution is 0.0690. The van der Waals surface area contributed by atoms with Crippen LogP contribution >= 0.6 is 0 Å². The van der Waals surface area contributed by atoms with E-state index in [1.54, 1.807) is 0 Å². The van der Waals surface area contributed by atoms with Crippen molar-refractivity contribution in [2.75, 3.05) is 0 Å². The molecule has 1 radical (unpaired) electrons. The molecule has 0 spiro atoms. The molecule has 1 aromatic rings. The fourth-order valence-electron chi connectivity index (χ4n) is 1.03. The van der Waals surface area contributed by atoms with Gasteiger partial charge in [-0.3, -0.25) is 0 Å². The zero-order chi connectivity index (χ0) is 10.7. The molecule has 0 fully saturated rings. The van der Waals surface area contributed by atoms with Gasteiger partial charge in [0.15, 0.2) is 0 Å². The summed E-state index contributed by atoms with van der Waals surface area (Å²) < 4.78 is 0. The third-order valence-electron chi connectivity index (χ3n) is 1.74. The van der Waals surface area contributed by atoms with Gasteiger partial charge in [-0.25, -0.2) is 14.7 Å².